The van der Waals surface area contributed by atoms with Crippen LogP contribution < -0.4 is 4.72 Å². The van der Waals surface area contributed by atoms with Gasteiger partial charge in [-0.2, -0.15) is 0 Å². The van der Waals surface area contributed by atoms with E-state index < -0.39 is 33.6 Å². The number of ether oxygens (including phenoxy) is 1. The van der Waals surface area contributed by atoms with Crippen LogP contribution in [0.1, 0.15) is 49.8 Å². The number of aromatic nitrogens is 1. The molecule has 0 aliphatic rings. The number of hydrogen-bond acceptors (Lipinski definition) is 4. The Morgan fingerprint density at radius 1 is 1.50 bits per heavy atom. The first-order chi connectivity index (χ1) is 9.16. The van der Waals surface area contributed by atoms with E-state index >= 15 is 0 Å². The van der Waals surface area contributed by atoms with Crippen molar-refractivity contribution in [3.8, 4) is 0 Å². The van der Waals surface area contributed by atoms with Crippen LogP contribution in [0.3, 0.4) is 0 Å². The molecular weight excluding hydrogens is 283 g/mol. The third-order valence-corrected chi connectivity index (χ3v) is 4.22. The van der Waals surface area contributed by atoms with Crippen LogP contribution in [0, 0.1) is 5.82 Å². The molecule has 0 aromatic carbocycles. The Labute approximate surface area is 120 Å². The Morgan fingerprint density at radius 3 is 2.55 bits per heavy atom. The van der Waals surface area contributed by atoms with Crippen molar-refractivity contribution in [1.29, 1.82) is 0 Å². The zero-order chi connectivity index (χ0) is 15.5. The van der Waals surface area contributed by atoms with Gasteiger partial charge in [-0.25, -0.2) is 18.1 Å². The first kappa shape index (κ1) is 16.7. The fourth-order valence-corrected chi connectivity index (χ4v) is 2.18. The molecule has 0 radical (unpaired) electrons. The third-order valence-electron chi connectivity index (χ3n) is 2.54. The van der Waals surface area contributed by atoms with Crippen LogP contribution in [-0.2, 0) is 15.7 Å². The Balaban J connectivity index is 2.92. The first-order valence-electron chi connectivity index (χ1n) is 6.08. The van der Waals surface area contributed by atoms with Gasteiger partial charge in [-0.15, -0.1) is 0 Å². The monoisotopic (exact) mass is 302 g/mol. The molecule has 0 saturated heterocycles. The van der Waals surface area contributed by atoms with Crippen molar-refractivity contribution in [1.82, 2.24) is 9.71 Å². The summed E-state index contributed by atoms with van der Waals surface area (Å²) in [5.74, 6) is -1.29. The van der Waals surface area contributed by atoms with Crippen LogP contribution in [0.2, 0.25) is 0 Å². The van der Waals surface area contributed by atoms with Crippen molar-refractivity contribution < 1.29 is 18.1 Å². The molecule has 0 amide bonds. The molecule has 0 spiro atoms. The van der Waals surface area contributed by atoms with E-state index in [4.69, 9.17) is 0 Å². The molecule has 0 bridgehead atoms. The van der Waals surface area contributed by atoms with E-state index in [2.05, 4.69) is 14.4 Å². The van der Waals surface area contributed by atoms with Gasteiger partial charge < -0.3 is 4.74 Å². The topological polar surface area (TPSA) is 68.3 Å². The first-order valence-corrected chi connectivity index (χ1v) is 7.23. The molecular formula is C13H19FN2O3S. The second-order valence-electron chi connectivity index (χ2n) is 5.30. The number of nitrogens with one attached hydrogen (secondary N) is 1. The normalized spacial score (nSPS) is 14.7. The van der Waals surface area contributed by atoms with Gasteiger partial charge >= 0.3 is 5.97 Å². The summed E-state index contributed by atoms with van der Waals surface area (Å²) >= 11 is 0. The minimum atomic E-state index is -1.34. The van der Waals surface area contributed by atoms with E-state index in [1.54, 1.807) is 6.92 Å². The van der Waals surface area contributed by atoms with Crippen LogP contribution in [0.15, 0.2) is 12.3 Å². The lowest BCUT2D eigenvalue weighted by atomic mass is 10.2. The minimum Gasteiger partial charge on any atom is -0.465 e. The largest absolute Gasteiger partial charge is 0.465 e. The fourth-order valence-electron chi connectivity index (χ4n) is 1.39. The highest BCUT2D eigenvalue weighted by Gasteiger charge is 2.24. The summed E-state index contributed by atoms with van der Waals surface area (Å²) in [6.45, 7) is 7.10. The molecule has 1 aromatic heterocycles. The van der Waals surface area contributed by atoms with E-state index in [1.165, 1.54) is 13.3 Å². The summed E-state index contributed by atoms with van der Waals surface area (Å²) in [6, 6.07) is 0.522. The molecule has 7 heteroatoms. The van der Waals surface area contributed by atoms with Crippen LogP contribution in [-0.4, -0.2) is 27.0 Å². The van der Waals surface area contributed by atoms with E-state index in [9.17, 15) is 13.4 Å². The molecule has 1 N–H and O–H groups in total. The lowest BCUT2D eigenvalue weighted by molar-refractivity contribution is 0.0599. The van der Waals surface area contributed by atoms with Crippen LogP contribution in [0.5, 0.6) is 0 Å². The van der Waals surface area contributed by atoms with Gasteiger partial charge in [-0.3, -0.25) is 4.98 Å². The van der Waals surface area contributed by atoms with Gasteiger partial charge in [-0.1, -0.05) is 0 Å². The van der Waals surface area contributed by atoms with Crippen LogP contribution in [0.25, 0.3) is 0 Å². The molecule has 2 atom stereocenters. The zero-order valence-corrected chi connectivity index (χ0v) is 13.0. The molecule has 1 heterocycles. The predicted molar refractivity (Wildman–Crippen MR) is 75.0 cm³/mol. The van der Waals surface area contributed by atoms with Crippen molar-refractivity contribution in [2.75, 3.05) is 7.11 Å². The molecule has 20 heavy (non-hydrogen) atoms. The summed E-state index contributed by atoms with van der Waals surface area (Å²) in [7, 11) is -0.127. The quantitative estimate of drug-likeness (QED) is 0.865. The summed E-state index contributed by atoms with van der Waals surface area (Å²) in [5, 5.41) is 0. The van der Waals surface area contributed by atoms with Crippen LogP contribution >= 0.6 is 0 Å². The number of methoxy groups -OCH3 is 1. The number of carbonyl (C=O) groups excluding carboxylic acids is 1. The molecule has 0 fully saturated rings. The molecule has 5 nitrogen and oxygen atoms in total. The molecule has 2 unspecified atom stereocenters. The predicted octanol–water partition coefficient (Wildman–Crippen LogP) is 2.12. The van der Waals surface area contributed by atoms with E-state index in [-0.39, 0.29) is 11.3 Å². The van der Waals surface area contributed by atoms with Gasteiger partial charge in [0.15, 0.2) is 0 Å². The van der Waals surface area contributed by atoms with Crippen molar-refractivity contribution in [3.05, 3.63) is 29.3 Å². The highest BCUT2D eigenvalue weighted by Crippen LogP contribution is 2.18. The van der Waals surface area contributed by atoms with E-state index in [0.717, 1.165) is 6.07 Å². The van der Waals surface area contributed by atoms with Gasteiger partial charge in [0.25, 0.3) is 0 Å². The van der Waals surface area contributed by atoms with Crippen molar-refractivity contribution in [2.45, 2.75) is 38.5 Å². The number of nitrogens with zero attached hydrogens (tertiary/aromatic N) is 1. The molecule has 1 rings (SSSR count). The molecule has 0 aliphatic carbocycles. The lowest BCUT2D eigenvalue weighted by Crippen LogP contribution is -2.35. The highest BCUT2D eigenvalue weighted by atomic mass is 32.2. The van der Waals surface area contributed by atoms with Crippen molar-refractivity contribution >= 4 is 17.0 Å². The highest BCUT2D eigenvalue weighted by molar-refractivity contribution is 7.84. The molecule has 112 valence electrons. The lowest BCUT2D eigenvalue weighted by Gasteiger charge is -2.21. The average molecular weight is 302 g/mol. The maximum atomic E-state index is 13.9. The van der Waals surface area contributed by atoms with Gasteiger partial charge in [0.2, 0.25) is 0 Å². The number of carbonyl (C=O) groups is 1. The maximum Gasteiger partial charge on any atom is 0.339 e. The number of pyridine rings is 1. The van der Waals surface area contributed by atoms with Gasteiger partial charge in [0, 0.05) is 6.20 Å². The van der Waals surface area contributed by atoms with Crippen molar-refractivity contribution in [2.24, 2.45) is 0 Å². The van der Waals surface area contributed by atoms with Gasteiger partial charge in [0.1, 0.15) is 5.82 Å². The van der Waals surface area contributed by atoms with E-state index in [0.29, 0.717) is 0 Å². The minimum absolute atomic E-state index is 0.0397. The fraction of sp³-hybridized carbons (Fsp3) is 0.538. The Bertz CT molecular complexity index is 529. The smallest absolute Gasteiger partial charge is 0.339 e. The molecule has 0 saturated carbocycles. The second kappa shape index (κ2) is 6.41. The maximum absolute atomic E-state index is 13.9. The van der Waals surface area contributed by atoms with Gasteiger partial charge in [-0.05, 0) is 33.8 Å². The number of halogens is 1. The Kier molecular flexibility index (Phi) is 5.35. The number of hydrogen-bond donors (Lipinski definition) is 1. The summed E-state index contributed by atoms with van der Waals surface area (Å²) in [4.78, 5) is 15.2. The molecule has 0 aliphatic heterocycles. The van der Waals surface area contributed by atoms with Crippen LogP contribution in [0.4, 0.5) is 4.39 Å². The van der Waals surface area contributed by atoms with Gasteiger partial charge in [0.05, 0.1) is 40.1 Å². The summed E-state index contributed by atoms with van der Waals surface area (Å²) in [6.07, 6.45) is 1.24. The standard InChI is InChI=1S/C13H19FN2O3S/c1-8(16-20(18)13(2,3)4)11-10(14)6-9(7-15-11)12(17)19-5/h6-8,16H,1-5H3. The Hall–Kier alpha value is -1.34. The zero-order valence-electron chi connectivity index (χ0n) is 12.2. The third kappa shape index (κ3) is 4.08. The molecule has 1 aromatic rings. The number of esters is 1. The van der Waals surface area contributed by atoms with Crippen molar-refractivity contribution in [3.63, 3.8) is 0 Å². The summed E-state index contributed by atoms with van der Waals surface area (Å²) < 4.78 is 32.7. The second-order valence-corrected chi connectivity index (χ2v) is 7.30. The average Bonchev–Trinajstić information content (AvgIpc) is 2.36. The van der Waals surface area contributed by atoms with E-state index in [1.807, 2.05) is 20.8 Å². The Morgan fingerprint density at radius 2 is 2.10 bits per heavy atom. The number of rotatable bonds is 4. The SMILES string of the molecule is COC(=O)c1cnc(C(C)NS(=O)C(C)(C)C)c(F)c1. The summed E-state index contributed by atoms with van der Waals surface area (Å²) in [5.41, 5.74) is 0.146.